The molecule has 0 radical (unpaired) electrons. The summed E-state index contributed by atoms with van der Waals surface area (Å²) in [5, 5.41) is 4.40. The number of ether oxygens (including phenoxy) is 1. The van der Waals surface area contributed by atoms with E-state index in [-0.39, 0.29) is 0 Å². The van der Waals surface area contributed by atoms with Crippen molar-refractivity contribution >= 4 is 21.6 Å². The molecule has 0 spiro atoms. The highest BCUT2D eigenvalue weighted by molar-refractivity contribution is 7.20. The molecule has 1 N–H and O–H groups in total. The summed E-state index contributed by atoms with van der Waals surface area (Å²) in [6.45, 7) is 4.65. The predicted octanol–water partition coefficient (Wildman–Crippen LogP) is 4.66. The van der Waals surface area contributed by atoms with Crippen molar-refractivity contribution < 1.29 is 4.74 Å². The van der Waals surface area contributed by atoms with Crippen molar-refractivity contribution in [2.75, 3.05) is 19.6 Å². The highest BCUT2D eigenvalue weighted by Crippen LogP contribution is 2.31. The number of aromatic nitrogens is 1. The van der Waals surface area contributed by atoms with Gasteiger partial charge < -0.3 is 10.1 Å². The van der Waals surface area contributed by atoms with E-state index in [0.29, 0.717) is 5.19 Å². The van der Waals surface area contributed by atoms with Crippen molar-refractivity contribution in [1.29, 1.82) is 0 Å². The van der Waals surface area contributed by atoms with Crippen LogP contribution in [0, 0.1) is 5.92 Å². The molecule has 140 valence electrons. The number of piperidine rings is 2. The summed E-state index contributed by atoms with van der Waals surface area (Å²) in [5.41, 5.74) is 2.35. The van der Waals surface area contributed by atoms with Crippen LogP contribution < -0.4 is 10.1 Å². The second-order valence-corrected chi connectivity index (χ2v) is 8.67. The van der Waals surface area contributed by atoms with E-state index in [1.807, 2.05) is 18.2 Å². The molecule has 2 aromatic carbocycles. The first-order valence-electron chi connectivity index (χ1n) is 9.91. The van der Waals surface area contributed by atoms with E-state index in [1.165, 1.54) is 44.5 Å². The Balaban J connectivity index is 1.21. The minimum absolute atomic E-state index is 0.704. The monoisotopic (exact) mass is 379 g/mol. The third kappa shape index (κ3) is 3.86. The van der Waals surface area contributed by atoms with Crippen LogP contribution in [0.5, 0.6) is 10.9 Å². The maximum absolute atomic E-state index is 5.96. The lowest BCUT2D eigenvalue weighted by Gasteiger charge is -2.41. The summed E-state index contributed by atoms with van der Waals surface area (Å²) < 4.78 is 7.12. The molecule has 0 bridgehead atoms. The van der Waals surface area contributed by atoms with Crippen molar-refractivity contribution in [1.82, 2.24) is 15.2 Å². The lowest BCUT2D eigenvalue weighted by Crippen LogP contribution is -2.51. The molecular formula is C22H25N3OS. The van der Waals surface area contributed by atoms with Crippen LogP contribution in [-0.4, -0.2) is 35.6 Å². The van der Waals surface area contributed by atoms with Crippen LogP contribution >= 0.6 is 11.3 Å². The lowest BCUT2D eigenvalue weighted by molar-refractivity contribution is 0.109. The van der Waals surface area contributed by atoms with E-state index in [2.05, 4.69) is 45.5 Å². The minimum Gasteiger partial charge on any atom is -0.431 e. The van der Waals surface area contributed by atoms with Gasteiger partial charge in [0.05, 0.1) is 10.2 Å². The zero-order valence-corrected chi connectivity index (χ0v) is 16.3. The van der Waals surface area contributed by atoms with Gasteiger partial charge in [0.25, 0.3) is 5.19 Å². The maximum Gasteiger partial charge on any atom is 0.279 e. The number of thiazole rings is 1. The molecule has 1 aromatic heterocycles. The summed E-state index contributed by atoms with van der Waals surface area (Å²) in [5.74, 6) is 1.68. The second kappa shape index (κ2) is 7.58. The molecule has 3 heterocycles. The van der Waals surface area contributed by atoms with E-state index >= 15 is 0 Å². The molecule has 3 aromatic rings. The van der Waals surface area contributed by atoms with E-state index in [9.17, 15) is 0 Å². The lowest BCUT2D eigenvalue weighted by atomic mass is 9.85. The van der Waals surface area contributed by atoms with Gasteiger partial charge in [0, 0.05) is 19.1 Å². The first kappa shape index (κ1) is 17.2. The molecule has 27 heavy (non-hydrogen) atoms. The molecule has 0 saturated carbocycles. The molecule has 4 nitrogen and oxygen atoms in total. The molecule has 0 amide bonds. The zero-order chi connectivity index (χ0) is 18.1. The van der Waals surface area contributed by atoms with Crippen LogP contribution in [0.15, 0.2) is 48.5 Å². The van der Waals surface area contributed by atoms with Crippen molar-refractivity contribution in [2.24, 2.45) is 5.92 Å². The smallest absolute Gasteiger partial charge is 0.279 e. The standard InChI is InChI=1S/C22H25N3OS/c1-2-6-21-20(5-1)24-22(27-21)26-18-9-7-16(8-10-18)14-25-13-11-19-17(15-25)4-3-12-23-19/h1-2,5-10,17,19,23H,3-4,11-15H2/t17-,19+/m0/s1. The van der Waals surface area contributed by atoms with Crippen LogP contribution in [-0.2, 0) is 6.54 Å². The van der Waals surface area contributed by atoms with E-state index in [0.717, 1.165) is 34.5 Å². The zero-order valence-electron chi connectivity index (χ0n) is 15.4. The van der Waals surface area contributed by atoms with Crippen molar-refractivity contribution in [2.45, 2.75) is 31.8 Å². The van der Waals surface area contributed by atoms with Gasteiger partial charge in [-0.15, -0.1) is 0 Å². The van der Waals surface area contributed by atoms with Gasteiger partial charge in [0.1, 0.15) is 5.75 Å². The van der Waals surface area contributed by atoms with Crippen LogP contribution in [0.4, 0.5) is 0 Å². The first-order valence-corrected chi connectivity index (χ1v) is 10.7. The molecule has 5 rings (SSSR count). The Morgan fingerprint density at radius 3 is 2.89 bits per heavy atom. The second-order valence-electron chi connectivity index (χ2n) is 7.68. The Hall–Kier alpha value is -1.95. The number of benzene rings is 2. The Morgan fingerprint density at radius 1 is 1.11 bits per heavy atom. The highest BCUT2D eigenvalue weighted by atomic mass is 32.1. The number of hydrogen-bond acceptors (Lipinski definition) is 5. The predicted molar refractivity (Wildman–Crippen MR) is 111 cm³/mol. The molecule has 2 atom stereocenters. The van der Waals surface area contributed by atoms with Gasteiger partial charge in [-0.2, -0.15) is 0 Å². The number of likely N-dealkylation sites (tertiary alicyclic amines) is 1. The summed E-state index contributed by atoms with van der Waals surface area (Å²) in [6, 6.07) is 17.4. The molecule has 2 aliphatic rings. The van der Waals surface area contributed by atoms with Crippen molar-refractivity contribution in [3.8, 4) is 10.9 Å². The Kier molecular flexibility index (Phi) is 4.82. The topological polar surface area (TPSA) is 37.4 Å². The fourth-order valence-electron chi connectivity index (χ4n) is 4.38. The van der Waals surface area contributed by atoms with Crippen LogP contribution in [0.3, 0.4) is 0 Å². The molecule has 2 saturated heterocycles. The summed E-state index contributed by atoms with van der Waals surface area (Å²) in [6.07, 6.45) is 3.99. The Labute approximate surface area is 164 Å². The van der Waals surface area contributed by atoms with Gasteiger partial charge in [-0.1, -0.05) is 35.6 Å². The Morgan fingerprint density at radius 2 is 2.00 bits per heavy atom. The molecule has 2 fully saturated rings. The average Bonchev–Trinajstić information content (AvgIpc) is 3.12. The van der Waals surface area contributed by atoms with Crippen LogP contribution in [0.1, 0.15) is 24.8 Å². The molecule has 0 unspecified atom stereocenters. The third-order valence-electron chi connectivity index (χ3n) is 5.79. The number of hydrogen-bond donors (Lipinski definition) is 1. The third-order valence-corrected chi connectivity index (χ3v) is 6.70. The van der Waals surface area contributed by atoms with Gasteiger partial charge in [-0.05, 0) is 68.1 Å². The summed E-state index contributed by atoms with van der Waals surface area (Å²) in [4.78, 5) is 7.15. The van der Waals surface area contributed by atoms with Crippen LogP contribution in [0.25, 0.3) is 10.2 Å². The minimum atomic E-state index is 0.704. The van der Waals surface area contributed by atoms with Gasteiger partial charge >= 0.3 is 0 Å². The number of fused-ring (bicyclic) bond motifs is 2. The fraction of sp³-hybridized carbons (Fsp3) is 0.409. The average molecular weight is 380 g/mol. The molecule has 0 aliphatic carbocycles. The number of nitrogens with zero attached hydrogens (tertiary/aromatic N) is 2. The van der Waals surface area contributed by atoms with E-state index in [1.54, 1.807) is 11.3 Å². The number of rotatable bonds is 4. The summed E-state index contributed by atoms with van der Waals surface area (Å²) >= 11 is 1.59. The number of para-hydroxylation sites is 1. The number of nitrogens with one attached hydrogen (secondary N) is 1. The van der Waals surface area contributed by atoms with Crippen molar-refractivity contribution in [3.05, 3.63) is 54.1 Å². The van der Waals surface area contributed by atoms with E-state index < -0.39 is 0 Å². The maximum atomic E-state index is 5.96. The van der Waals surface area contributed by atoms with E-state index in [4.69, 9.17) is 4.74 Å². The highest BCUT2D eigenvalue weighted by Gasteiger charge is 2.30. The van der Waals surface area contributed by atoms with Gasteiger partial charge in [0.15, 0.2) is 0 Å². The van der Waals surface area contributed by atoms with Gasteiger partial charge in [-0.3, -0.25) is 4.90 Å². The summed E-state index contributed by atoms with van der Waals surface area (Å²) in [7, 11) is 0. The van der Waals surface area contributed by atoms with Gasteiger partial charge in [-0.25, -0.2) is 4.98 Å². The normalized spacial score (nSPS) is 23.3. The quantitative estimate of drug-likeness (QED) is 0.715. The fourth-order valence-corrected chi connectivity index (χ4v) is 5.22. The van der Waals surface area contributed by atoms with Crippen molar-refractivity contribution in [3.63, 3.8) is 0 Å². The Bertz CT molecular complexity index is 874. The molecule has 2 aliphatic heterocycles. The van der Waals surface area contributed by atoms with Gasteiger partial charge in [0.2, 0.25) is 0 Å². The molecular weight excluding hydrogens is 354 g/mol. The molecule has 5 heteroatoms. The first-order chi connectivity index (χ1) is 13.3. The largest absolute Gasteiger partial charge is 0.431 e. The SMILES string of the molecule is c1ccc2sc(Oc3ccc(CN4CC[C@H]5NCCC[C@H]5C4)cc3)nc2c1. The van der Waals surface area contributed by atoms with Crippen LogP contribution in [0.2, 0.25) is 0 Å².